The molecule has 13 heteroatoms. The number of urea groups is 1. The van der Waals surface area contributed by atoms with E-state index in [1.54, 1.807) is 29.0 Å². The number of hydrogen-bond acceptors (Lipinski definition) is 9. The minimum absolute atomic E-state index is 0.0272. The molecule has 256 valence electrons. The van der Waals surface area contributed by atoms with Crippen molar-refractivity contribution < 1.29 is 19.1 Å². The van der Waals surface area contributed by atoms with Crippen LogP contribution in [-0.4, -0.2) is 90.5 Å². The summed E-state index contributed by atoms with van der Waals surface area (Å²) < 4.78 is 6.14. The Morgan fingerprint density at radius 1 is 1.10 bits per heavy atom. The molecule has 2 heterocycles. The minimum Gasteiger partial charge on any atom is -0.497 e. The lowest BCUT2D eigenvalue weighted by molar-refractivity contribution is -0.156. The molecule has 3 aromatic carbocycles. The Kier molecular flexibility index (Phi) is 11.2. The number of benzene rings is 3. The van der Waals surface area contributed by atoms with Crippen LogP contribution in [0.5, 0.6) is 5.75 Å². The number of carbonyl (C=O) groups excluding carboxylic acids is 3. The Morgan fingerprint density at radius 2 is 1.82 bits per heavy atom. The van der Waals surface area contributed by atoms with E-state index in [1.165, 1.54) is 16.2 Å². The third kappa shape index (κ3) is 8.39. The van der Waals surface area contributed by atoms with Crippen LogP contribution in [0, 0.1) is 11.3 Å². The molecule has 12 nitrogen and oxygen atoms in total. The molecule has 1 saturated heterocycles. The Labute approximate surface area is 290 Å². The smallest absolute Gasteiger partial charge is 0.318 e. The summed E-state index contributed by atoms with van der Waals surface area (Å²) in [7, 11) is 5.51. The van der Waals surface area contributed by atoms with Crippen LogP contribution in [0.15, 0.2) is 66.7 Å². The molecule has 1 fully saturated rings. The van der Waals surface area contributed by atoms with E-state index in [9.17, 15) is 19.6 Å². The highest BCUT2D eigenvalue weighted by atomic mass is 32.1. The molecule has 4 aromatic rings. The highest BCUT2D eigenvalue weighted by Crippen LogP contribution is 2.29. The first-order valence-electron chi connectivity index (χ1n) is 16.1. The molecular weight excluding hydrogens is 641 g/mol. The molecule has 0 aliphatic carbocycles. The summed E-state index contributed by atoms with van der Waals surface area (Å²) >= 11 is 1.41. The molecule has 1 aromatic heterocycles. The van der Waals surface area contributed by atoms with Crippen LogP contribution >= 0.6 is 11.3 Å². The Balaban J connectivity index is 1.32. The number of anilines is 2. The topological polar surface area (TPSA) is 148 Å². The molecular formula is C36H42N8O4S. The zero-order valence-electron chi connectivity index (χ0n) is 28.3. The molecule has 1 unspecified atom stereocenters. The van der Waals surface area contributed by atoms with Gasteiger partial charge in [-0.1, -0.05) is 47.7 Å². The van der Waals surface area contributed by atoms with E-state index in [0.29, 0.717) is 30.4 Å². The van der Waals surface area contributed by atoms with Crippen LogP contribution in [0.2, 0.25) is 0 Å². The van der Waals surface area contributed by atoms with E-state index in [0.717, 1.165) is 32.6 Å². The lowest BCUT2D eigenvalue weighted by atomic mass is 9.97. The quantitative estimate of drug-likeness (QED) is 0.211. The number of hydrogen-bond donors (Lipinski definition) is 2. The Bertz CT molecular complexity index is 1820. The molecule has 1 aliphatic heterocycles. The number of thiazole rings is 1. The number of carbonyl (C=O) groups is 3. The fourth-order valence-electron chi connectivity index (χ4n) is 6.12. The summed E-state index contributed by atoms with van der Waals surface area (Å²) in [5.41, 5.74) is 10.5. The average molecular weight is 683 g/mol. The zero-order chi connectivity index (χ0) is 35.1. The number of aromatic nitrogens is 1. The van der Waals surface area contributed by atoms with Gasteiger partial charge in [-0.25, -0.2) is 9.78 Å². The largest absolute Gasteiger partial charge is 0.497 e. The van der Waals surface area contributed by atoms with Crippen molar-refractivity contribution >= 4 is 50.2 Å². The SMILES string of the molecule is COc1ccc(CNC(=O)N(CC#N)CCC(=O)N2C(C)CN(Cc3cccc4sc(N)nc34)C(=O)[C@@H]2Cc2ccc(N(C)C)cc2)cc1. The van der Waals surface area contributed by atoms with Gasteiger partial charge in [0, 0.05) is 64.8 Å². The monoisotopic (exact) mass is 682 g/mol. The Hall–Kier alpha value is -5.35. The highest BCUT2D eigenvalue weighted by molar-refractivity contribution is 7.22. The van der Waals surface area contributed by atoms with Gasteiger partial charge in [-0.05, 0) is 53.9 Å². The molecule has 0 radical (unpaired) electrons. The maximum absolute atomic E-state index is 14.3. The lowest BCUT2D eigenvalue weighted by Gasteiger charge is -2.45. The fourth-order valence-corrected chi connectivity index (χ4v) is 6.90. The molecule has 49 heavy (non-hydrogen) atoms. The number of nitriles is 1. The number of nitrogens with one attached hydrogen (secondary N) is 1. The van der Waals surface area contributed by atoms with Crippen LogP contribution < -0.4 is 20.7 Å². The number of piperazine rings is 1. The number of ether oxygens (including phenoxy) is 1. The number of methoxy groups -OCH3 is 1. The van der Waals surface area contributed by atoms with Crippen molar-refractivity contribution in [2.45, 2.75) is 44.9 Å². The van der Waals surface area contributed by atoms with E-state index in [2.05, 4.69) is 10.3 Å². The number of rotatable bonds is 12. The van der Waals surface area contributed by atoms with Gasteiger partial charge in [-0.3, -0.25) is 9.59 Å². The van der Waals surface area contributed by atoms with Gasteiger partial charge in [0.2, 0.25) is 11.8 Å². The van der Waals surface area contributed by atoms with E-state index in [-0.39, 0.29) is 43.9 Å². The van der Waals surface area contributed by atoms with E-state index < -0.39 is 12.1 Å². The number of nitrogens with two attached hydrogens (primary N) is 1. The van der Waals surface area contributed by atoms with Crippen LogP contribution in [0.3, 0.4) is 0 Å². The number of nitrogens with zero attached hydrogens (tertiary/aromatic N) is 6. The van der Waals surface area contributed by atoms with Crippen molar-refractivity contribution in [2.24, 2.45) is 0 Å². The lowest BCUT2D eigenvalue weighted by Crippen LogP contribution is -2.63. The second kappa shape index (κ2) is 15.7. The maximum atomic E-state index is 14.3. The third-order valence-corrected chi connectivity index (χ3v) is 9.54. The predicted molar refractivity (Wildman–Crippen MR) is 191 cm³/mol. The molecule has 0 bridgehead atoms. The number of para-hydroxylation sites is 1. The number of amides is 4. The molecule has 0 saturated carbocycles. The second-order valence-corrected chi connectivity index (χ2v) is 13.4. The third-order valence-electron chi connectivity index (χ3n) is 8.69. The van der Waals surface area contributed by atoms with Gasteiger partial charge in [-0.2, -0.15) is 5.26 Å². The average Bonchev–Trinajstić information content (AvgIpc) is 3.49. The van der Waals surface area contributed by atoms with Crippen LogP contribution in [-0.2, 0) is 29.1 Å². The van der Waals surface area contributed by atoms with Crippen molar-refractivity contribution in [1.29, 1.82) is 5.26 Å². The van der Waals surface area contributed by atoms with Crippen molar-refractivity contribution in [3.63, 3.8) is 0 Å². The molecule has 2 atom stereocenters. The summed E-state index contributed by atoms with van der Waals surface area (Å²) in [4.78, 5) is 52.6. The van der Waals surface area contributed by atoms with Gasteiger partial charge >= 0.3 is 6.03 Å². The molecule has 0 spiro atoms. The Morgan fingerprint density at radius 3 is 2.49 bits per heavy atom. The van der Waals surface area contributed by atoms with Crippen molar-refractivity contribution in [3.05, 3.63) is 83.4 Å². The van der Waals surface area contributed by atoms with Crippen molar-refractivity contribution in [2.75, 3.05) is 51.5 Å². The maximum Gasteiger partial charge on any atom is 0.318 e. The van der Waals surface area contributed by atoms with Crippen LogP contribution in [0.1, 0.15) is 30.0 Å². The normalized spacial score (nSPS) is 15.9. The molecule has 4 amide bonds. The highest BCUT2D eigenvalue weighted by Gasteiger charge is 2.41. The first-order chi connectivity index (χ1) is 23.6. The van der Waals surface area contributed by atoms with Crippen LogP contribution in [0.4, 0.5) is 15.6 Å². The standard InChI is InChI=1S/C36H42N8O4S/c1-24-22-43(23-27-6-5-7-31-33(27)40-35(38)49-31)34(46)30(20-25-8-12-28(13-9-25)41(2)3)44(24)32(45)16-18-42(19-17-37)36(47)39-21-26-10-14-29(48-4)15-11-26/h5-15,24,30H,16,18-23H2,1-4H3,(H2,38,40)(H,39,47)/t24?,30-/m0/s1. The van der Waals surface area contributed by atoms with Crippen LogP contribution in [0.25, 0.3) is 10.2 Å². The van der Waals surface area contributed by atoms with Gasteiger partial charge in [0.1, 0.15) is 18.3 Å². The van der Waals surface area contributed by atoms with Gasteiger partial charge in [-0.15, -0.1) is 0 Å². The van der Waals surface area contributed by atoms with E-state index in [4.69, 9.17) is 10.5 Å². The zero-order valence-corrected chi connectivity index (χ0v) is 29.1. The van der Waals surface area contributed by atoms with Gasteiger partial charge in [0.05, 0.1) is 23.4 Å². The molecule has 5 rings (SSSR count). The second-order valence-electron chi connectivity index (χ2n) is 12.3. The first-order valence-corrected chi connectivity index (χ1v) is 16.9. The molecule has 1 aliphatic rings. The van der Waals surface area contributed by atoms with Gasteiger partial charge in [0.25, 0.3) is 0 Å². The fraction of sp³-hybridized carbons (Fsp3) is 0.361. The summed E-state index contributed by atoms with van der Waals surface area (Å²) in [5, 5.41) is 12.8. The summed E-state index contributed by atoms with van der Waals surface area (Å²) in [6, 6.07) is 21.6. The van der Waals surface area contributed by atoms with Crippen molar-refractivity contribution in [1.82, 2.24) is 25.0 Å². The summed E-state index contributed by atoms with van der Waals surface area (Å²) in [6.45, 7) is 2.71. The minimum atomic E-state index is -0.755. The predicted octanol–water partition coefficient (Wildman–Crippen LogP) is 4.25. The van der Waals surface area contributed by atoms with Gasteiger partial charge < -0.3 is 35.4 Å². The van der Waals surface area contributed by atoms with E-state index in [1.807, 2.05) is 86.6 Å². The number of nitrogen functional groups attached to an aromatic ring is 1. The molecule has 3 N–H and O–H groups in total. The number of fused-ring (bicyclic) bond motifs is 1. The first kappa shape index (κ1) is 35.0. The summed E-state index contributed by atoms with van der Waals surface area (Å²) in [6.07, 6.45) is 0.292. The van der Waals surface area contributed by atoms with Crippen molar-refractivity contribution in [3.8, 4) is 11.8 Å². The van der Waals surface area contributed by atoms with Gasteiger partial charge in [0.15, 0.2) is 5.13 Å². The summed E-state index contributed by atoms with van der Waals surface area (Å²) in [5.74, 6) is 0.296. The van der Waals surface area contributed by atoms with E-state index >= 15 is 0 Å².